The van der Waals surface area contributed by atoms with Crippen molar-refractivity contribution in [3.63, 3.8) is 0 Å². The third kappa shape index (κ3) is 7.27. The number of halogens is 3. The fourth-order valence-corrected chi connectivity index (χ4v) is 3.29. The lowest BCUT2D eigenvalue weighted by atomic mass is 9.80. The number of anilines is 3. The Morgan fingerprint density at radius 3 is 1.76 bits per heavy atom. The number of nitrogens with zero attached hydrogens (tertiary/aromatic N) is 2. The third-order valence-corrected chi connectivity index (χ3v) is 5.07. The van der Waals surface area contributed by atoms with E-state index in [-0.39, 0.29) is 30.2 Å². The number of phenolic OH excluding ortho intramolecular Hbond substituents is 1. The van der Waals surface area contributed by atoms with Gasteiger partial charge in [-0.2, -0.15) is 9.97 Å². The SMILES string of the molecule is Cl.Nc1cc(Br)ccc1O.Nc1nc2cc(B(O)O)ccc2o1.Nc1nc2cc(Br)ccc2o1. The summed E-state index contributed by atoms with van der Waals surface area (Å²) in [4.78, 5) is 7.80. The molecule has 0 aliphatic carbocycles. The Labute approximate surface area is 216 Å². The van der Waals surface area contributed by atoms with Crippen molar-refractivity contribution in [2.45, 2.75) is 0 Å². The smallest absolute Gasteiger partial charge is 0.488 e. The fourth-order valence-electron chi connectivity index (χ4n) is 2.57. The van der Waals surface area contributed by atoms with Crippen LogP contribution in [-0.4, -0.2) is 32.2 Å². The molecule has 2 heterocycles. The van der Waals surface area contributed by atoms with Gasteiger partial charge in [0.2, 0.25) is 0 Å². The molecule has 9 N–H and O–H groups in total. The zero-order chi connectivity index (χ0) is 24.1. The molecule has 34 heavy (non-hydrogen) atoms. The van der Waals surface area contributed by atoms with Gasteiger partial charge >= 0.3 is 7.12 Å². The van der Waals surface area contributed by atoms with Crippen molar-refractivity contribution in [1.29, 1.82) is 0 Å². The number of nitrogens with two attached hydrogens (primary N) is 3. The van der Waals surface area contributed by atoms with Crippen molar-refractivity contribution in [1.82, 2.24) is 9.97 Å². The first-order valence-corrected chi connectivity index (χ1v) is 10.8. The average molecular weight is 615 g/mol. The first-order valence-electron chi connectivity index (χ1n) is 9.20. The van der Waals surface area contributed by atoms with Gasteiger partial charge in [-0.25, -0.2) is 0 Å². The van der Waals surface area contributed by atoms with E-state index in [2.05, 4.69) is 41.8 Å². The van der Waals surface area contributed by atoms with Gasteiger partial charge in [-0.05, 0) is 54.0 Å². The molecule has 5 rings (SSSR count). The second kappa shape index (κ2) is 11.9. The number of hydrogen-bond acceptors (Lipinski definition) is 10. The van der Waals surface area contributed by atoms with Crippen LogP contribution in [0.25, 0.3) is 22.2 Å². The molecule has 0 bridgehead atoms. The molecule has 0 saturated heterocycles. The molecule has 0 spiro atoms. The Balaban J connectivity index is 0.000000181. The fraction of sp³-hybridized carbons (Fsp3) is 0. The van der Waals surface area contributed by atoms with Gasteiger partial charge in [0.15, 0.2) is 11.2 Å². The molecule has 0 atom stereocenters. The van der Waals surface area contributed by atoms with Gasteiger partial charge in [-0.1, -0.05) is 37.9 Å². The van der Waals surface area contributed by atoms with Gasteiger partial charge in [-0.3, -0.25) is 0 Å². The van der Waals surface area contributed by atoms with E-state index in [1.165, 1.54) is 12.1 Å². The van der Waals surface area contributed by atoms with Gasteiger partial charge in [0.1, 0.15) is 16.8 Å². The first kappa shape index (κ1) is 27.3. The zero-order valence-corrected chi connectivity index (χ0v) is 21.2. The summed E-state index contributed by atoms with van der Waals surface area (Å²) in [7, 11) is -1.50. The van der Waals surface area contributed by atoms with Crippen molar-refractivity contribution in [3.8, 4) is 5.75 Å². The highest BCUT2D eigenvalue weighted by molar-refractivity contribution is 9.10. The summed E-state index contributed by atoms with van der Waals surface area (Å²) in [5, 5.41) is 26.6. The maximum Gasteiger partial charge on any atom is 0.488 e. The van der Waals surface area contributed by atoms with Gasteiger partial charge in [0, 0.05) is 8.95 Å². The van der Waals surface area contributed by atoms with Gasteiger partial charge in [0.05, 0.1) is 5.69 Å². The Bertz CT molecular complexity index is 1400. The highest BCUT2D eigenvalue weighted by Crippen LogP contribution is 2.23. The standard InChI is InChI=1S/C7H7BN2O3.C7H5BrN2O.C6H6BrNO.ClH/c9-7-10-5-3-4(8(11)12)1-2-6(5)13-7;8-4-1-2-6-5(3-4)10-7(9)11-6;7-4-1-2-6(9)5(8)3-4;/h1-3,11-12H,(H2,9,10);1-3H,(H2,9,10);1-3,9H,8H2;1H. The molecular formula is C20H19BBr2ClN5O5. The molecule has 3 aromatic carbocycles. The summed E-state index contributed by atoms with van der Waals surface area (Å²) in [6.45, 7) is 0. The number of hydrogen-bond donors (Lipinski definition) is 6. The van der Waals surface area contributed by atoms with Crippen LogP contribution in [0.3, 0.4) is 0 Å². The van der Waals surface area contributed by atoms with E-state index >= 15 is 0 Å². The average Bonchev–Trinajstić information content (AvgIpc) is 3.31. The van der Waals surface area contributed by atoms with Crippen molar-refractivity contribution in [2.75, 3.05) is 17.2 Å². The number of nitrogen functional groups attached to an aromatic ring is 3. The van der Waals surface area contributed by atoms with Crippen LogP contribution in [0.15, 0.2) is 72.4 Å². The molecule has 14 heteroatoms. The lowest BCUT2D eigenvalue weighted by Gasteiger charge is -1.96. The van der Waals surface area contributed by atoms with Gasteiger partial charge in [-0.15, -0.1) is 12.4 Å². The first-order chi connectivity index (χ1) is 15.6. The molecular weight excluding hydrogens is 596 g/mol. The van der Waals surface area contributed by atoms with E-state index < -0.39 is 7.12 Å². The van der Waals surface area contributed by atoms with E-state index in [1.807, 2.05) is 18.2 Å². The lowest BCUT2D eigenvalue weighted by molar-refractivity contribution is 0.426. The normalized spacial score (nSPS) is 10.0. The largest absolute Gasteiger partial charge is 0.506 e. The molecule has 0 unspecified atom stereocenters. The summed E-state index contributed by atoms with van der Waals surface area (Å²) in [6.07, 6.45) is 0. The summed E-state index contributed by atoms with van der Waals surface area (Å²) in [5.74, 6) is 0.123. The zero-order valence-electron chi connectivity index (χ0n) is 17.2. The minimum atomic E-state index is -1.50. The molecule has 0 saturated carbocycles. The van der Waals surface area contributed by atoms with Crippen LogP contribution in [-0.2, 0) is 0 Å². The summed E-state index contributed by atoms with van der Waals surface area (Å²) < 4.78 is 11.9. The van der Waals surface area contributed by atoms with E-state index in [4.69, 9.17) is 41.2 Å². The number of phenols is 1. The van der Waals surface area contributed by atoms with E-state index in [0.717, 1.165) is 14.5 Å². The van der Waals surface area contributed by atoms with Gasteiger partial charge in [0.25, 0.3) is 12.0 Å². The maximum atomic E-state index is 8.90. The molecule has 5 aromatic rings. The predicted molar refractivity (Wildman–Crippen MR) is 142 cm³/mol. The Kier molecular flexibility index (Phi) is 9.59. The van der Waals surface area contributed by atoms with E-state index in [0.29, 0.717) is 27.8 Å². The van der Waals surface area contributed by atoms with Crippen molar-refractivity contribution in [3.05, 3.63) is 63.5 Å². The summed E-state index contributed by atoms with van der Waals surface area (Å²) >= 11 is 6.52. The van der Waals surface area contributed by atoms with Crippen LogP contribution in [0.1, 0.15) is 0 Å². The number of aromatic hydroxyl groups is 1. The molecule has 178 valence electrons. The minimum absolute atomic E-state index is 0. The van der Waals surface area contributed by atoms with Crippen molar-refractivity contribution >= 4 is 96.8 Å². The molecule has 0 aliphatic rings. The van der Waals surface area contributed by atoms with Gasteiger partial charge < -0.3 is 41.2 Å². The number of rotatable bonds is 1. The highest BCUT2D eigenvalue weighted by Gasteiger charge is 2.12. The minimum Gasteiger partial charge on any atom is -0.506 e. The lowest BCUT2D eigenvalue weighted by Crippen LogP contribution is -2.29. The second-order valence-electron chi connectivity index (χ2n) is 6.52. The Morgan fingerprint density at radius 2 is 1.24 bits per heavy atom. The maximum absolute atomic E-state index is 8.90. The van der Waals surface area contributed by atoms with Crippen molar-refractivity contribution < 1.29 is 24.0 Å². The third-order valence-electron chi connectivity index (χ3n) is 4.08. The molecule has 0 aliphatic heterocycles. The highest BCUT2D eigenvalue weighted by atomic mass is 79.9. The van der Waals surface area contributed by atoms with Crippen molar-refractivity contribution in [2.24, 2.45) is 0 Å². The molecule has 0 fully saturated rings. The topological polar surface area (TPSA) is 191 Å². The number of benzene rings is 3. The Morgan fingerprint density at radius 1 is 0.735 bits per heavy atom. The molecule has 0 radical (unpaired) electrons. The summed E-state index contributed by atoms with van der Waals surface area (Å²) in [6, 6.07) is 15.4. The van der Waals surface area contributed by atoms with Crippen LogP contribution in [0.2, 0.25) is 0 Å². The Hall–Kier alpha value is -2.97. The number of aromatic nitrogens is 2. The quantitative estimate of drug-likeness (QED) is 0.0926. The van der Waals surface area contributed by atoms with Crippen LogP contribution in [0.4, 0.5) is 17.7 Å². The van der Waals surface area contributed by atoms with E-state index in [9.17, 15) is 0 Å². The number of fused-ring (bicyclic) bond motifs is 2. The predicted octanol–water partition coefficient (Wildman–Crippen LogP) is 3.42. The van der Waals surface area contributed by atoms with Crippen LogP contribution in [0, 0.1) is 0 Å². The molecule has 0 amide bonds. The van der Waals surface area contributed by atoms with E-state index in [1.54, 1.807) is 24.3 Å². The van der Waals surface area contributed by atoms with Crippen LogP contribution < -0.4 is 22.7 Å². The summed E-state index contributed by atoms with van der Waals surface area (Å²) in [5.41, 5.74) is 19.3. The van der Waals surface area contributed by atoms with Crippen LogP contribution >= 0.6 is 44.3 Å². The second-order valence-corrected chi connectivity index (χ2v) is 8.35. The molecule has 10 nitrogen and oxygen atoms in total. The monoisotopic (exact) mass is 613 g/mol. The van der Waals surface area contributed by atoms with Crippen LogP contribution in [0.5, 0.6) is 5.75 Å². The number of oxazole rings is 2. The molecule has 2 aromatic heterocycles.